The van der Waals surface area contributed by atoms with E-state index in [1.807, 2.05) is 0 Å². The Morgan fingerprint density at radius 1 is 0.741 bits per heavy atom. The van der Waals surface area contributed by atoms with Gasteiger partial charge in [-0.2, -0.15) is 0 Å². The number of hydrogen-bond acceptors (Lipinski definition) is 3. The average molecular weight is 426 g/mol. The zero-order valence-electron chi connectivity index (χ0n) is 17.1. The molecule has 2 saturated heterocycles. The predicted octanol–water partition coefficient (Wildman–Crippen LogP) is 6.61. The standard InChI is InChI=1S/C17H29F6O3P/c1-10-12(2,3)27(13(10,4)5,25-14(6,7)15(8,9)26-27)24-11(16(18,19)20)17(21,22)23/h10-11H,1-9H3. The fourth-order valence-corrected chi connectivity index (χ4v) is 12.1. The summed E-state index contributed by atoms with van der Waals surface area (Å²) in [6, 6.07) is 0. The van der Waals surface area contributed by atoms with Crippen LogP contribution in [0.3, 0.4) is 0 Å². The molecule has 0 saturated carbocycles. The van der Waals surface area contributed by atoms with Crippen LogP contribution < -0.4 is 0 Å². The molecular weight excluding hydrogens is 397 g/mol. The first-order valence-corrected chi connectivity index (χ1v) is 10.7. The van der Waals surface area contributed by atoms with Gasteiger partial charge in [0.2, 0.25) is 0 Å². The van der Waals surface area contributed by atoms with Gasteiger partial charge in [-0.3, -0.25) is 0 Å². The van der Waals surface area contributed by atoms with Crippen LogP contribution in [0, 0.1) is 5.92 Å². The van der Waals surface area contributed by atoms with E-state index >= 15 is 0 Å². The summed E-state index contributed by atoms with van der Waals surface area (Å²) >= 11 is 0. The van der Waals surface area contributed by atoms with Crippen molar-refractivity contribution in [2.45, 2.75) is 102 Å². The molecule has 0 aromatic heterocycles. The number of hydrogen-bond donors (Lipinski definition) is 0. The Labute approximate surface area is 156 Å². The molecule has 162 valence electrons. The van der Waals surface area contributed by atoms with E-state index in [1.54, 1.807) is 62.3 Å². The van der Waals surface area contributed by atoms with Gasteiger partial charge in [-0.15, -0.1) is 0 Å². The maximum absolute atomic E-state index is 13.4. The number of alkyl halides is 6. The molecule has 0 radical (unpaired) electrons. The molecule has 0 aliphatic carbocycles. The summed E-state index contributed by atoms with van der Waals surface area (Å²) in [7, 11) is -4.95. The summed E-state index contributed by atoms with van der Waals surface area (Å²) in [6.07, 6.45) is -15.3. The molecule has 2 aliphatic heterocycles. The van der Waals surface area contributed by atoms with Crippen molar-refractivity contribution in [3.05, 3.63) is 0 Å². The first kappa shape index (κ1) is 23.2. The summed E-state index contributed by atoms with van der Waals surface area (Å²) in [5, 5.41) is -2.34. The Morgan fingerprint density at radius 3 is 1.30 bits per heavy atom. The topological polar surface area (TPSA) is 27.7 Å². The number of rotatable bonds is 2. The van der Waals surface area contributed by atoms with Crippen LogP contribution in [0.15, 0.2) is 0 Å². The molecule has 0 N–H and O–H groups in total. The Balaban J connectivity index is 2.80. The van der Waals surface area contributed by atoms with E-state index in [0.29, 0.717) is 0 Å². The first-order valence-electron chi connectivity index (χ1n) is 8.75. The zero-order valence-corrected chi connectivity index (χ0v) is 18.0. The van der Waals surface area contributed by atoms with E-state index in [4.69, 9.17) is 13.6 Å². The Morgan fingerprint density at radius 2 is 1.04 bits per heavy atom. The SMILES string of the molecule is CC1C(C)(C)P2(OC(C(F)(F)F)C(F)(F)F)(OC(C)(C)C(C)(C)O2)C1(C)C. The van der Waals surface area contributed by atoms with Gasteiger partial charge in [-0.05, 0) is 0 Å². The summed E-state index contributed by atoms with van der Waals surface area (Å²) < 4.78 is 98.1. The third-order valence-corrected chi connectivity index (χ3v) is 14.2. The molecule has 10 heteroatoms. The molecule has 0 bridgehead atoms. The summed E-state index contributed by atoms with van der Waals surface area (Å²) in [6.45, 7) is 14.5. The van der Waals surface area contributed by atoms with Gasteiger partial charge in [-0.1, -0.05) is 0 Å². The van der Waals surface area contributed by atoms with Gasteiger partial charge >= 0.3 is 155 Å². The molecule has 0 aromatic rings. The van der Waals surface area contributed by atoms with Crippen molar-refractivity contribution in [3.8, 4) is 0 Å². The molecule has 3 nitrogen and oxygen atoms in total. The molecule has 27 heavy (non-hydrogen) atoms. The summed E-state index contributed by atoms with van der Waals surface area (Å²) in [5.41, 5.74) is -2.30. The Bertz CT molecular complexity index is 586. The molecular formula is C17H29F6O3P. The Kier molecular flexibility index (Phi) is 4.57. The molecule has 0 amide bonds. The maximum atomic E-state index is 13.4. The van der Waals surface area contributed by atoms with Gasteiger partial charge < -0.3 is 0 Å². The minimum atomic E-state index is -5.65. The third kappa shape index (κ3) is 2.50. The van der Waals surface area contributed by atoms with Crippen LogP contribution in [0.25, 0.3) is 0 Å². The van der Waals surface area contributed by atoms with E-state index in [9.17, 15) is 26.3 Å². The molecule has 0 aromatic carbocycles. The first-order chi connectivity index (χ1) is 11.5. The van der Waals surface area contributed by atoms with E-state index in [2.05, 4.69) is 0 Å². The second-order valence-corrected chi connectivity index (χ2v) is 14.3. The molecule has 0 atom stereocenters. The summed E-state index contributed by atoms with van der Waals surface area (Å²) in [5.74, 6) is -0.297. The zero-order chi connectivity index (χ0) is 21.7. The molecule has 2 aliphatic rings. The van der Waals surface area contributed by atoms with Crippen molar-refractivity contribution < 1.29 is 39.9 Å². The fourth-order valence-electron chi connectivity index (χ4n) is 4.56. The second-order valence-electron chi connectivity index (χ2n) is 9.68. The van der Waals surface area contributed by atoms with Crippen LogP contribution in [-0.2, 0) is 13.6 Å². The Hall–Kier alpha value is -0.110. The summed E-state index contributed by atoms with van der Waals surface area (Å²) in [4.78, 5) is 0. The normalized spacial score (nSPS) is 32.1. The van der Waals surface area contributed by atoms with Crippen LogP contribution in [0.4, 0.5) is 26.3 Å². The van der Waals surface area contributed by atoms with Crippen molar-refractivity contribution in [2.75, 3.05) is 0 Å². The molecule has 2 rings (SSSR count). The van der Waals surface area contributed by atoms with Crippen LogP contribution in [-0.4, -0.2) is 40.0 Å². The van der Waals surface area contributed by atoms with Crippen molar-refractivity contribution in [3.63, 3.8) is 0 Å². The molecule has 2 heterocycles. The van der Waals surface area contributed by atoms with Gasteiger partial charge in [0.15, 0.2) is 0 Å². The fraction of sp³-hybridized carbons (Fsp3) is 1.00. The van der Waals surface area contributed by atoms with E-state index in [1.165, 1.54) is 0 Å². The van der Waals surface area contributed by atoms with Crippen LogP contribution in [0.2, 0.25) is 0 Å². The molecule has 1 spiro atoms. The van der Waals surface area contributed by atoms with Gasteiger partial charge in [0.25, 0.3) is 0 Å². The van der Waals surface area contributed by atoms with Crippen LogP contribution in [0.5, 0.6) is 0 Å². The van der Waals surface area contributed by atoms with Crippen molar-refractivity contribution in [1.82, 2.24) is 0 Å². The van der Waals surface area contributed by atoms with Crippen molar-refractivity contribution >= 4 is 7.28 Å². The van der Waals surface area contributed by atoms with Crippen molar-refractivity contribution in [2.24, 2.45) is 5.92 Å². The molecule has 2 fully saturated rings. The number of halogens is 6. The van der Waals surface area contributed by atoms with Gasteiger partial charge in [-0.25, -0.2) is 0 Å². The van der Waals surface area contributed by atoms with Gasteiger partial charge in [0.1, 0.15) is 0 Å². The van der Waals surface area contributed by atoms with E-state index in [0.717, 1.165) is 0 Å². The quantitative estimate of drug-likeness (QED) is 0.368. The van der Waals surface area contributed by atoms with Gasteiger partial charge in [0, 0.05) is 0 Å². The minimum absolute atomic E-state index is 0.297. The third-order valence-electron chi connectivity index (χ3n) is 7.24. The van der Waals surface area contributed by atoms with Crippen molar-refractivity contribution in [1.29, 1.82) is 0 Å². The van der Waals surface area contributed by atoms with E-state index < -0.39 is 47.3 Å². The second kappa shape index (κ2) is 5.32. The van der Waals surface area contributed by atoms with Crippen LogP contribution in [0.1, 0.15) is 62.3 Å². The van der Waals surface area contributed by atoms with E-state index in [-0.39, 0.29) is 5.92 Å². The predicted molar refractivity (Wildman–Crippen MR) is 91.6 cm³/mol. The molecule has 0 unspecified atom stereocenters. The van der Waals surface area contributed by atoms with Crippen LogP contribution >= 0.6 is 7.28 Å². The average Bonchev–Trinajstić information content (AvgIpc) is 2.57. The van der Waals surface area contributed by atoms with Gasteiger partial charge in [0.05, 0.1) is 0 Å². The monoisotopic (exact) mass is 426 g/mol.